The molecule has 0 radical (unpaired) electrons. The van der Waals surface area contributed by atoms with Gasteiger partial charge in [0.2, 0.25) is 5.91 Å². The van der Waals surface area contributed by atoms with Crippen molar-refractivity contribution in [3.8, 4) is 0 Å². The van der Waals surface area contributed by atoms with E-state index in [-0.39, 0.29) is 18.4 Å². The van der Waals surface area contributed by atoms with Crippen LogP contribution in [0.5, 0.6) is 0 Å². The summed E-state index contributed by atoms with van der Waals surface area (Å²) in [5.74, 6) is -0.384. The molecular weight excluding hydrogens is 364 g/mol. The lowest BCUT2D eigenvalue weighted by Gasteiger charge is -2.32. The molecule has 1 aliphatic rings. The van der Waals surface area contributed by atoms with Crippen molar-refractivity contribution in [2.45, 2.75) is 33.2 Å². The van der Waals surface area contributed by atoms with E-state index in [9.17, 15) is 13.2 Å². The van der Waals surface area contributed by atoms with E-state index in [1.54, 1.807) is 0 Å². The van der Waals surface area contributed by atoms with Gasteiger partial charge in [0.05, 0.1) is 5.92 Å². The van der Waals surface area contributed by atoms with Gasteiger partial charge < -0.3 is 10.2 Å². The first-order chi connectivity index (χ1) is 12.8. The van der Waals surface area contributed by atoms with Crippen LogP contribution >= 0.6 is 0 Å². The molecule has 1 fully saturated rings. The molecule has 0 spiro atoms. The van der Waals surface area contributed by atoms with Gasteiger partial charge in [-0.05, 0) is 44.4 Å². The molecular formula is C19H32N4O3S. The SMILES string of the molecule is CCN(CC)c1ccc(CNC(=O)[C@@H]2CCCN(S(=O)(=O)N(C)C)C2)cc1. The summed E-state index contributed by atoms with van der Waals surface area (Å²) in [5.41, 5.74) is 2.21. The van der Waals surface area contributed by atoms with E-state index in [1.165, 1.54) is 28.4 Å². The highest BCUT2D eigenvalue weighted by Gasteiger charge is 2.33. The molecule has 1 atom stereocenters. The molecule has 0 bridgehead atoms. The largest absolute Gasteiger partial charge is 0.372 e. The van der Waals surface area contributed by atoms with Gasteiger partial charge in [0.1, 0.15) is 0 Å². The predicted octanol–water partition coefficient (Wildman–Crippen LogP) is 1.67. The molecule has 0 aromatic heterocycles. The van der Waals surface area contributed by atoms with Gasteiger partial charge in [-0.1, -0.05) is 12.1 Å². The minimum absolute atomic E-state index is 0.0820. The normalized spacial score (nSPS) is 18.5. The Labute approximate surface area is 163 Å². The molecule has 1 aromatic carbocycles. The molecule has 0 unspecified atom stereocenters. The van der Waals surface area contributed by atoms with Gasteiger partial charge in [0.15, 0.2) is 0 Å². The molecule has 1 aromatic rings. The first-order valence-electron chi connectivity index (χ1n) is 9.58. The van der Waals surface area contributed by atoms with Crippen LogP contribution in [0.2, 0.25) is 0 Å². The van der Waals surface area contributed by atoms with Gasteiger partial charge in [-0.3, -0.25) is 4.79 Å². The van der Waals surface area contributed by atoms with Crippen LogP contribution in [0, 0.1) is 5.92 Å². The van der Waals surface area contributed by atoms with E-state index >= 15 is 0 Å². The molecule has 0 saturated carbocycles. The van der Waals surface area contributed by atoms with E-state index in [0.29, 0.717) is 25.9 Å². The van der Waals surface area contributed by atoms with Crippen LogP contribution < -0.4 is 10.2 Å². The Bertz CT molecular complexity index is 715. The highest BCUT2D eigenvalue weighted by atomic mass is 32.2. The minimum atomic E-state index is -3.47. The predicted molar refractivity (Wildman–Crippen MR) is 109 cm³/mol. The molecule has 152 valence electrons. The summed E-state index contributed by atoms with van der Waals surface area (Å²) in [5, 5.41) is 2.96. The topological polar surface area (TPSA) is 73.0 Å². The quantitative estimate of drug-likeness (QED) is 0.725. The van der Waals surface area contributed by atoms with Crippen molar-refractivity contribution < 1.29 is 13.2 Å². The van der Waals surface area contributed by atoms with Crippen LogP contribution in [-0.4, -0.2) is 63.2 Å². The van der Waals surface area contributed by atoms with E-state index in [1.807, 2.05) is 12.1 Å². The van der Waals surface area contributed by atoms with Gasteiger partial charge in [0, 0.05) is 52.5 Å². The zero-order chi connectivity index (χ0) is 20.0. The summed E-state index contributed by atoms with van der Waals surface area (Å²) in [6.45, 7) is 7.34. The Morgan fingerprint density at radius 1 is 1.19 bits per heavy atom. The number of amides is 1. The first-order valence-corrected chi connectivity index (χ1v) is 11.0. The van der Waals surface area contributed by atoms with E-state index in [0.717, 1.165) is 18.7 Å². The van der Waals surface area contributed by atoms with Crippen molar-refractivity contribution >= 4 is 21.8 Å². The number of rotatable bonds is 8. The molecule has 0 aliphatic carbocycles. The minimum Gasteiger partial charge on any atom is -0.372 e. The second kappa shape index (κ2) is 9.52. The van der Waals surface area contributed by atoms with Crippen LogP contribution in [0.15, 0.2) is 24.3 Å². The van der Waals surface area contributed by atoms with Crippen LogP contribution in [-0.2, 0) is 21.5 Å². The zero-order valence-corrected chi connectivity index (χ0v) is 17.6. The van der Waals surface area contributed by atoms with Gasteiger partial charge in [0.25, 0.3) is 10.2 Å². The Morgan fingerprint density at radius 2 is 1.81 bits per heavy atom. The molecule has 7 nitrogen and oxygen atoms in total. The van der Waals surface area contributed by atoms with Crippen LogP contribution in [0.1, 0.15) is 32.3 Å². The molecule has 1 N–H and O–H groups in total. The number of piperidine rings is 1. The summed E-state index contributed by atoms with van der Waals surface area (Å²) in [4.78, 5) is 14.8. The molecule has 1 heterocycles. The van der Waals surface area contributed by atoms with Gasteiger partial charge in [-0.2, -0.15) is 17.0 Å². The van der Waals surface area contributed by atoms with E-state index in [4.69, 9.17) is 0 Å². The Morgan fingerprint density at radius 3 is 2.37 bits per heavy atom. The first kappa shape index (κ1) is 21.7. The van der Waals surface area contributed by atoms with Gasteiger partial charge >= 0.3 is 0 Å². The Hall–Kier alpha value is -1.64. The van der Waals surface area contributed by atoms with Crippen molar-refractivity contribution in [3.63, 3.8) is 0 Å². The van der Waals surface area contributed by atoms with Crippen molar-refractivity contribution in [2.24, 2.45) is 5.92 Å². The Kier molecular flexibility index (Phi) is 7.64. The molecule has 27 heavy (non-hydrogen) atoms. The number of nitrogens with one attached hydrogen (secondary N) is 1. The number of anilines is 1. The van der Waals surface area contributed by atoms with Crippen LogP contribution in [0.25, 0.3) is 0 Å². The number of carbonyl (C=O) groups is 1. The Balaban J connectivity index is 1.91. The third-order valence-corrected chi connectivity index (χ3v) is 6.98. The zero-order valence-electron chi connectivity index (χ0n) is 16.8. The smallest absolute Gasteiger partial charge is 0.281 e. The maximum absolute atomic E-state index is 12.5. The molecule has 2 rings (SSSR count). The van der Waals surface area contributed by atoms with Crippen molar-refractivity contribution in [3.05, 3.63) is 29.8 Å². The number of hydrogen-bond donors (Lipinski definition) is 1. The summed E-state index contributed by atoms with van der Waals surface area (Å²) < 4.78 is 27.2. The fourth-order valence-electron chi connectivity index (χ4n) is 3.34. The highest BCUT2D eigenvalue weighted by Crippen LogP contribution is 2.21. The summed E-state index contributed by atoms with van der Waals surface area (Å²) in [6.07, 6.45) is 1.41. The van der Waals surface area contributed by atoms with E-state index < -0.39 is 10.2 Å². The summed E-state index contributed by atoms with van der Waals surface area (Å²) >= 11 is 0. The van der Waals surface area contributed by atoms with Gasteiger partial charge in [-0.25, -0.2) is 0 Å². The van der Waals surface area contributed by atoms with Crippen LogP contribution in [0.4, 0.5) is 5.69 Å². The fraction of sp³-hybridized carbons (Fsp3) is 0.632. The standard InChI is InChI=1S/C19H32N4O3S/c1-5-22(6-2)18-11-9-16(10-12-18)14-20-19(24)17-8-7-13-23(15-17)27(25,26)21(3)4/h9-12,17H,5-8,13-15H2,1-4H3,(H,20,24)/t17-/m1/s1. The number of benzene rings is 1. The molecule has 1 saturated heterocycles. The van der Waals surface area contributed by atoms with E-state index in [2.05, 4.69) is 36.2 Å². The monoisotopic (exact) mass is 396 g/mol. The third-order valence-electron chi connectivity index (χ3n) is 5.07. The van der Waals surface area contributed by atoms with Crippen molar-refractivity contribution in [2.75, 3.05) is 45.2 Å². The maximum Gasteiger partial charge on any atom is 0.281 e. The van der Waals surface area contributed by atoms with Crippen LogP contribution in [0.3, 0.4) is 0 Å². The highest BCUT2D eigenvalue weighted by molar-refractivity contribution is 7.86. The summed E-state index contributed by atoms with van der Waals surface area (Å²) in [6, 6.07) is 8.19. The average Bonchev–Trinajstić information content (AvgIpc) is 2.68. The second-order valence-electron chi connectivity index (χ2n) is 7.04. The lowest BCUT2D eigenvalue weighted by Crippen LogP contribution is -2.48. The lowest BCUT2D eigenvalue weighted by molar-refractivity contribution is -0.126. The summed E-state index contributed by atoms with van der Waals surface area (Å²) in [7, 11) is -0.440. The average molecular weight is 397 g/mol. The lowest BCUT2D eigenvalue weighted by atomic mass is 9.99. The number of hydrogen-bond acceptors (Lipinski definition) is 4. The van der Waals surface area contributed by atoms with Crippen molar-refractivity contribution in [1.82, 2.24) is 13.9 Å². The van der Waals surface area contributed by atoms with Crippen molar-refractivity contribution in [1.29, 1.82) is 0 Å². The number of carbonyl (C=O) groups excluding carboxylic acids is 1. The molecule has 1 aliphatic heterocycles. The van der Waals surface area contributed by atoms with Gasteiger partial charge in [-0.15, -0.1) is 0 Å². The molecule has 1 amide bonds. The maximum atomic E-state index is 12.5. The molecule has 8 heteroatoms. The second-order valence-corrected chi connectivity index (χ2v) is 9.19. The number of nitrogens with zero attached hydrogens (tertiary/aromatic N) is 3. The fourth-order valence-corrected chi connectivity index (χ4v) is 4.53. The third kappa shape index (κ3) is 5.43.